The molecule has 0 spiro atoms. The van der Waals surface area contributed by atoms with Gasteiger partial charge in [0.25, 0.3) is 0 Å². The standard InChI is InChI=1S/C21H39NO/c1-6-9-13-18-20(21(23)14(4)15(5)22-18)19-16(7-2)11-10-12-17(19)8-3/h7,14-23H,2,6,8-13H2,1,3-5H3. The van der Waals surface area contributed by atoms with Crippen LogP contribution in [-0.4, -0.2) is 23.3 Å². The van der Waals surface area contributed by atoms with Crippen LogP contribution in [0.4, 0.5) is 0 Å². The van der Waals surface area contributed by atoms with E-state index in [1.807, 2.05) is 0 Å². The van der Waals surface area contributed by atoms with Crippen molar-refractivity contribution in [3.8, 4) is 0 Å². The second-order valence-electron chi connectivity index (χ2n) is 8.21. The van der Waals surface area contributed by atoms with Gasteiger partial charge in [0.2, 0.25) is 0 Å². The lowest BCUT2D eigenvalue weighted by Gasteiger charge is -2.52. The summed E-state index contributed by atoms with van der Waals surface area (Å²) in [5.41, 5.74) is 0. The first kappa shape index (κ1) is 19.0. The topological polar surface area (TPSA) is 32.3 Å². The van der Waals surface area contributed by atoms with Crippen molar-refractivity contribution in [2.75, 3.05) is 0 Å². The van der Waals surface area contributed by atoms with Crippen LogP contribution in [0.5, 0.6) is 0 Å². The van der Waals surface area contributed by atoms with Gasteiger partial charge in [0.05, 0.1) is 6.10 Å². The van der Waals surface area contributed by atoms with Crippen LogP contribution in [0.15, 0.2) is 12.7 Å². The van der Waals surface area contributed by atoms with E-state index in [-0.39, 0.29) is 6.10 Å². The molecule has 2 aliphatic rings. The van der Waals surface area contributed by atoms with Crippen LogP contribution >= 0.6 is 0 Å². The van der Waals surface area contributed by atoms with Gasteiger partial charge in [0, 0.05) is 18.0 Å². The van der Waals surface area contributed by atoms with Gasteiger partial charge in [-0.05, 0) is 43.4 Å². The zero-order valence-corrected chi connectivity index (χ0v) is 15.8. The molecule has 8 atom stereocenters. The van der Waals surface area contributed by atoms with Gasteiger partial charge in [-0.3, -0.25) is 0 Å². The maximum Gasteiger partial charge on any atom is 0.0626 e. The molecule has 1 aliphatic carbocycles. The van der Waals surface area contributed by atoms with Gasteiger partial charge >= 0.3 is 0 Å². The van der Waals surface area contributed by atoms with Gasteiger partial charge in [-0.25, -0.2) is 0 Å². The van der Waals surface area contributed by atoms with Gasteiger partial charge in [0.15, 0.2) is 0 Å². The Labute approximate surface area is 144 Å². The summed E-state index contributed by atoms with van der Waals surface area (Å²) in [7, 11) is 0. The lowest BCUT2D eigenvalue weighted by Crippen LogP contribution is -2.61. The summed E-state index contributed by atoms with van der Waals surface area (Å²) in [6.45, 7) is 13.2. The average Bonchev–Trinajstić information content (AvgIpc) is 2.57. The smallest absolute Gasteiger partial charge is 0.0626 e. The zero-order valence-electron chi connectivity index (χ0n) is 15.8. The van der Waals surface area contributed by atoms with Crippen molar-refractivity contribution in [2.45, 2.75) is 90.8 Å². The third-order valence-electron chi connectivity index (χ3n) is 6.95. The molecule has 0 aromatic heterocycles. The minimum Gasteiger partial charge on any atom is -0.392 e. The minimum atomic E-state index is -0.173. The molecular weight excluding hydrogens is 282 g/mol. The number of piperidine rings is 1. The second kappa shape index (κ2) is 8.67. The molecule has 1 saturated carbocycles. The SMILES string of the molecule is C=CC1CCCC(CC)C1C1C(CCCC)NC(C)C(C)C1O. The van der Waals surface area contributed by atoms with Crippen molar-refractivity contribution in [1.82, 2.24) is 5.32 Å². The van der Waals surface area contributed by atoms with Crippen molar-refractivity contribution in [2.24, 2.45) is 29.6 Å². The van der Waals surface area contributed by atoms with Crippen LogP contribution in [0.1, 0.15) is 72.6 Å². The lowest BCUT2D eigenvalue weighted by atomic mass is 9.59. The van der Waals surface area contributed by atoms with Crippen LogP contribution < -0.4 is 5.32 Å². The van der Waals surface area contributed by atoms with Crippen LogP contribution in [0.2, 0.25) is 0 Å². The van der Waals surface area contributed by atoms with Gasteiger partial charge in [-0.15, -0.1) is 6.58 Å². The Morgan fingerprint density at radius 1 is 1.17 bits per heavy atom. The highest BCUT2D eigenvalue weighted by Crippen LogP contribution is 2.47. The van der Waals surface area contributed by atoms with E-state index in [1.54, 1.807) is 0 Å². The van der Waals surface area contributed by atoms with Gasteiger partial charge in [0.1, 0.15) is 0 Å². The third kappa shape index (κ3) is 4.02. The van der Waals surface area contributed by atoms with Crippen molar-refractivity contribution in [1.29, 1.82) is 0 Å². The molecular formula is C21H39NO. The van der Waals surface area contributed by atoms with Crippen LogP contribution in [-0.2, 0) is 0 Å². The number of aliphatic hydroxyl groups is 1. The number of unbranched alkanes of at least 4 members (excludes halogenated alkanes) is 1. The van der Waals surface area contributed by atoms with E-state index >= 15 is 0 Å². The Kier molecular flexibility index (Phi) is 7.16. The fraction of sp³-hybridized carbons (Fsp3) is 0.905. The first-order valence-electron chi connectivity index (χ1n) is 10.1. The Bertz CT molecular complexity index is 369. The Morgan fingerprint density at radius 3 is 2.52 bits per heavy atom. The lowest BCUT2D eigenvalue weighted by molar-refractivity contribution is -0.0685. The van der Waals surface area contributed by atoms with E-state index in [0.29, 0.717) is 35.8 Å². The molecule has 2 fully saturated rings. The fourth-order valence-electron chi connectivity index (χ4n) is 5.38. The van der Waals surface area contributed by atoms with Crippen molar-refractivity contribution >= 4 is 0 Å². The Hall–Kier alpha value is -0.340. The van der Waals surface area contributed by atoms with Gasteiger partial charge < -0.3 is 10.4 Å². The van der Waals surface area contributed by atoms with Crippen molar-refractivity contribution in [3.05, 3.63) is 12.7 Å². The number of hydrogen-bond acceptors (Lipinski definition) is 2. The van der Waals surface area contributed by atoms with E-state index in [0.717, 1.165) is 5.92 Å². The molecule has 134 valence electrons. The molecule has 2 nitrogen and oxygen atoms in total. The molecule has 2 rings (SSSR count). The van der Waals surface area contributed by atoms with E-state index in [4.69, 9.17) is 0 Å². The predicted octanol–water partition coefficient (Wildman–Crippen LogP) is 4.78. The third-order valence-corrected chi connectivity index (χ3v) is 6.95. The molecule has 2 N–H and O–H groups in total. The monoisotopic (exact) mass is 321 g/mol. The number of hydrogen-bond donors (Lipinski definition) is 2. The van der Waals surface area contributed by atoms with Crippen molar-refractivity contribution in [3.63, 3.8) is 0 Å². The largest absolute Gasteiger partial charge is 0.392 e. The molecule has 1 aliphatic heterocycles. The van der Waals surface area contributed by atoms with Gasteiger partial charge in [-0.2, -0.15) is 0 Å². The fourth-order valence-corrected chi connectivity index (χ4v) is 5.38. The summed E-state index contributed by atoms with van der Waals surface area (Å²) < 4.78 is 0. The maximum atomic E-state index is 11.2. The van der Waals surface area contributed by atoms with E-state index in [1.165, 1.54) is 44.9 Å². The highest BCUT2D eigenvalue weighted by molar-refractivity contribution is 5.03. The molecule has 1 heterocycles. The maximum absolute atomic E-state index is 11.2. The Balaban J connectivity index is 2.29. The van der Waals surface area contributed by atoms with E-state index in [9.17, 15) is 5.11 Å². The zero-order chi connectivity index (χ0) is 17.0. The number of allylic oxidation sites excluding steroid dienone is 1. The van der Waals surface area contributed by atoms with E-state index in [2.05, 4.69) is 45.7 Å². The first-order valence-corrected chi connectivity index (χ1v) is 10.1. The average molecular weight is 322 g/mol. The summed E-state index contributed by atoms with van der Waals surface area (Å²) in [5.74, 6) is 2.66. The highest BCUT2D eigenvalue weighted by atomic mass is 16.3. The number of aliphatic hydroxyl groups excluding tert-OH is 1. The number of nitrogens with one attached hydrogen (secondary N) is 1. The Morgan fingerprint density at radius 2 is 1.91 bits per heavy atom. The minimum absolute atomic E-state index is 0.173. The molecule has 0 bridgehead atoms. The van der Waals surface area contributed by atoms with Crippen LogP contribution in [0.3, 0.4) is 0 Å². The normalized spacial score (nSPS) is 44.9. The summed E-state index contributed by atoms with van der Waals surface area (Å²) in [4.78, 5) is 0. The molecule has 0 radical (unpaired) electrons. The number of rotatable bonds is 6. The molecule has 2 heteroatoms. The second-order valence-corrected chi connectivity index (χ2v) is 8.21. The summed E-state index contributed by atoms with van der Waals surface area (Å²) in [6.07, 6.45) is 10.9. The predicted molar refractivity (Wildman–Crippen MR) is 99.4 cm³/mol. The van der Waals surface area contributed by atoms with Crippen LogP contribution in [0.25, 0.3) is 0 Å². The van der Waals surface area contributed by atoms with Gasteiger partial charge in [-0.1, -0.05) is 59.0 Å². The quantitative estimate of drug-likeness (QED) is 0.690. The summed E-state index contributed by atoms with van der Waals surface area (Å²) in [5, 5.41) is 15.1. The molecule has 1 saturated heterocycles. The van der Waals surface area contributed by atoms with E-state index < -0.39 is 0 Å². The van der Waals surface area contributed by atoms with Crippen LogP contribution in [0, 0.1) is 29.6 Å². The summed E-state index contributed by atoms with van der Waals surface area (Å²) in [6, 6.07) is 0.879. The highest BCUT2D eigenvalue weighted by Gasteiger charge is 2.47. The molecule has 0 aromatic rings. The molecule has 0 aromatic carbocycles. The molecule has 0 amide bonds. The molecule has 8 unspecified atom stereocenters. The first-order chi connectivity index (χ1) is 11.0. The van der Waals surface area contributed by atoms with Crippen molar-refractivity contribution < 1.29 is 5.11 Å². The molecule has 23 heavy (non-hydrogen) atoms. The summed E-state index contributed by atoms with van der Waals surface area (Å²) >= 11 is 0.